The molecule has 186 valence electrons. The van der Waals surface area contributed by atoms with Gasteiger partial charge in [0.25, 0.3) is 5.91 Å². The van der Waals surface area contributed by atoms with E-state index in [0.717, 1.165) is 46.9 Å². The van der Waals surface area contributed by atoms with Crippen LogP contribution < -0.4 is 10.2 Å². The van der Waals surface area contributed by atoms with Crippen LogP contribution in [0.1, 0.15) is 40.2 Å². The number of ether oxygens (including phenoxy) is 1. The second-order valence-corrected chi connectivity index (χ2v) is 10.5. The van der Waals surface area contributed by atoms with E-state index in [9.17, 15) is 4.79 Å². The van der Waals surface area contributed by atoms with Crippen LogP contribution >= 0.6 is 11.8 Å². The van der Waals surface area contributed by atoms with Gasteiger partial charge in [0.2, 0.25) is 0 Å². The molecule has 6 heteroatoms. The molecule has 5 nitrogen and oxygen atoms in total. The number of thioether (sulfide) groups is 1. The van der Waals surface area contributed by atoms with Crippen molar-refractivity contribution in [2.45, 2.75) is 29.8 Å². The molecule has 2 atom stereocenters. The Hall–Kier alpha value is -3.22. The number of rotatable bonds is 9. The van der Waals surface area contributed by atoms with Crippen LogP contribution in [0.15, 0.2) is 83.9 Å². The first-order chi connectivity index (χ1) is 17.6. The lowest BCUT2D eigenvalue weighted by atomic mass is 9.90. The molecule has 1 amide bonds. The summed E-state index contributed by atoms with van der Waals surface area (Å²) in [4.78, 5) is 19.9. The monoisotopic (exact) mass is 499 g/mol. The van der Waals surface area contributed by atoms with Gasteiger partial charge in [-0.05, 0) is 54.3 Å². The molecule has 5 rings (SSSR count). The molecule has 1 aliphatic heterocycles. The fraction of sp³-hybridized carbons (Fsp3) is 0.300. The summed E-state index contributed by atoms with van der Waals surface area (Å²) in [6, 6.07) is 24.8. The Balaban J connectivity index is 1.37. The van der Waals surface area contributed by atoms with Crippen molar-refractivity contribution in [3.05, 3.63) is 95.7 Å². The molecule has 0 spiro atoms. The molecular formula is C30H33N3O2S. The lowest BCUT2D eigenvalue weighted by Crippen LogP contribution is -2.29. The highest BCUT2D eigenvalue weighted by molar-refractivity contribution is 7.99. The molecule has 1 aromatic heterocycles. The fourth-order valence-electron chi connectivity index (χ4n) is 4.82. The predicted molar refractivity (Wildman–Crippen MR) is 149 cm³/mol. The van der Waals surface area contributed by atoms with Gasteiger partial charge in [0.05, 0.1) is 11.7 Å². The molecule has 4 aromatic rings. The Morgan fingerprint density at radius 3 is 2.64 bits per heavy atom. The highest BCUT2D eigenvalue weighted by Gasteiger charge is 2.21. The molecule has 0 saturated carbocycles. The van der Waals surface area contributed by atoms with Crippen LogP contribution in [-0.2, 0) is 4.74 Å². The smallest absolute Gasteiger partial charge is 0.252 e. The number of fused-ring (bicyclic) bond motifs is 1. The van der Waals surface area contributed by atoms with Gasteiger partial charge in [-0.1, -0.05) is 42.5 Å². The minimum atomic E-state index is -0.0415. The molecule has 2 heterocycles. The van der Waals surface area contributed by atoms with E-state index in [-0.39, 0.29) is 17.9 Å². The van der Waals surface area contributed by atoms with E-state index in [1.807, 2.05) is 44.4 Å². The lowest BCUT2D eigenvalue weighted by Gasteiger charge is -2.20. The van der Waals surface area contributed by atoms with Crippen molar-refractivity contribution in [3.8, 4) is 0 Å². The fourth-order valence-corrected chi connectivity index (χ4v) is 5.94. The van der Waals surface area contributed by atoms with Gasteiger partial charge in [0.15, 0.2) is 0 Å². The molecule has 0 aliphatic carbocycles. The van der Waals surface area contributed by atoms with Crippen LogP contribution in [0.5, 0.6) is 0 Å². The molecule has 0 bridgehead atoms. The standard InChI is InChI=1S/C30H33N3O2S/c1-33(2)22-15-13-21(14-16-22)26(27-19-31-28-11-5-3-9-24(27)28)18-32-30(34)25-10-4-6-12-29(25)36-20-23-8-7-17-35-23/h3-6,9-16,19,23,26,31H,7-8,17-18,20H2,1-2H3,(H,32,34). The molecule has 1 saturated heterocycles. The van der Waals surface area contributed by atoms with Crippen LogP contribution in [0.4, 0.5) is 5.69 Å². The molecule has 36 heavy (non-hydrogen) atoms. The third-order valence-corrected chi connectivity index (χ3v) is 8.06. The molecular weight excluding hydrogens is 466 g/mol. The number of nitrogens with zero attached hydrogens (tertiary/aromatic N) is 1. The number of hydrogen-bond donors (Lipinski definition) is 2. The van der Waals surface area contributed by atoms with E-state index in [1.165, 1.54) is 16.5 Å². The maximum atomic E-state index is 13.4. The molecule has 0 radical (unpaired) electrons. The number of carbonyl (C=O) groups is 1. The van der Waals surface area contributed by atoms with Crippen LogP contribution in [0.25, 0.3) is 10.9 Å². The summed E-state index contributed by atoms with van der Waals surface area (Å²) in [5.74, 6) is 0.855. The minimum absolute atomic E-state index is 0.0213. The van der Waals surface area contributed by atoms with Gasteiger partial charge in [-0.25, -0.2) is 0 Å². The molecule has 2 unspecified atom stereocenters. The SMILES string of the molecule is CN(C)c1ccc(C(CNC(=O)c2ccccc2SCC2CCCO2)c2c[nH]c3ccccc23)cc1. The Labute approximate surface area is 217 Å². The predicted octanol–water partition coefficient (Wildman–Crippen LogP) is 6.07. The third-order valence-electron chi connectivity index (χ3n) is 6.86. The molecule has 3 aromatic carbocycles. The number of amides is 1. The van der Waals surface area contributed by atoms with Crippen molar-refractivity contribution < 1.29 is 9.53 Å². The van der Waals surface area contributed by atoms with Gasteiger partial charge >= 0.3 is 0 Å². The van der Waals surface area contributed by atoms with E-state index in [4.69, 9.17) is 4.74 Å². The van der Waals surface area contributed by atoms with Gasteiger partial charge in [-0.3, -0.25) is 4.79 Å². The van der Waals surface area contributed by atoms with Gasteiger partial charge in [-0.2, -0.15) is 0 Å². The van der Waals surface area contributed by atoms with E-state index in [1.54, 1.807) is 11.8 Å². The van der Waals surface area contributed by atoms with Gasteiger partial charge in [0.1, 0.15) is 0 Å². The Morgan fingerprint density at radius 2 is 1.86 bits per heavy atom. The first kappa shape index (κ1) is 24.5. The summed E-state index contributed by atoms with van der Waals surface area (Å²) in [7, 11) is 4.08. The summed E-state index contributed by atoms with van der Waals surface area (Å²) in [5.41, 5.74) is 5.33. The summed E-state index contributed by atoms with van der Waals surface area (Å²) in [5, 5.41) is 4.43. The Bertz CT molecular complexity index is 1310. The number of anilines is 1. The lowest BCUT2D eigenvalue weighted by molar-refractivity contribution is 0.0949. The number of hydrogen-bond acceptors (Lipinski definition) is 4. The number of para-hydroxylation sites is 1. The van der Waals surface area contributed by atoms with Gasteiger partial charge in [-0.15, -0.1) is 11.8 Å². The van der Waals surface area contributed by atoms with Crippen molar-refractivity contribution in [2.24, 2.45) is 0 Å². The Morgan fingerprint density at radius 1 is 1.08 bits per heavy atom. The number of carbonyl (C=O) groups excluding carboxylic acids is 1. The number of aromatic nitrogens is 1. The summed E-state index contributed by atoms with van der Waals surface area (Å²) >= 11 is 1.71. The summed E-state index contributed by atoms with van der Waals surface area (Å²) in [6.07, 6.45) is 4.58. The zero-order valence-electron chi connectivity index (χ0n) is 20.9. The largest absolute Gasteiger partial charge is 0.378 e. The maximum absolute atomic E-state index is 13.4. The average molecular weight is 500 g/mol. The van der Waals surface area contributed by atoms with Gasteiger partial charge in [0, 0.05) is 66.6 Å². The van der Waals surface area contributed by atoms with Crippen LogP contribution in [0.2, 0.25) is 0 Å². The van der Waals surface area contributed by atoms with Crippen molar-refractivity contribution in [2.75, 3.05) is 37.9 Å². The third kappa shape index (κ3) is 5.45. The van der Waals surface area contributed by atoms with E-state index in [2.05, 4.69) is 63.9 Å². The maximum Gasteiger partial charge on any atom is 0.252 e. The highest BCUT2D eigenvalue weighted by atomic mass is 32.2. The molecule has 1 aliphatic rings. The van der Waals surface area contributed by atoms with E-state index in [0.29, 0.717) is 6.54 Å². The number of H-pyrrole nitrogens is 1. The second kappa shape index (κ2) is 11.2. The second-order valence-electron chi connectivity index (χ2n) is 9.48. The topological polar surface area (TPSA) is 57.4 Å². The van der Waals surface area contributed by atoms with Crippen molar-refractivity contribution >= 4 is 34.3 Å². The quantitative estimate of drug-likeness (QED) is 0.275. The summed E-state index contributed by atoms with van der Waals surface area (Å²) < 4.78 is 5.78. The van der Waals surface area contributed by atoms with Gasteiger partial charge < -0.3 is 19.9 Å². The highest BCUT2D eigenvalue weighted by Crippen LogP contribution is 2.32. The molecule has 1 fully saturated rings. The van der Waals surface area contributed by atoms with E-state index < -0.39 is 0 Å². The first-order valence-corrected chi connectivity index (χ1v) is 13.5. The van der Waals surface area contributed by atoms with E-state index >= 15 is 0 Å². The van der Waals surface area contributed by atoms with Crippen molar-refractivity contribution in [1.82, 2.24) is 10.3 Å². The van der Waals surface area contributed by atoms with Crippen molar-refractivity contribution in [3.63, 3.8) is 0 Å². The summed E-state index contributed by atoms with van der Waals surface area (Å²) in [6.45, 7) is 1.35. The van der Waals surface area contributed by atoms with Crippen LogP contribution in [0.3, 0.4) is 0 Å². The Kier molecular flexibility index (Phi) is 7.63. The molecule has 2 N–H and O–H groups in total. The zero-order chi connectivity index (χ0) is 24.9. The number of benzene rings is 3. The van der Waals surface area contributed by atoms with Crippen molar-refractivity contribution in [1.29, 1.82) is 0 Å². The van der Waals surface area contributed by atoms with Crippen LogP contribution in [-0.4, -0.2) is 50.0 Å². The average Bonchev–Trinajstić information content (AvgIpc) is 3.58. The number of nitrogens with one attached hydrogen (secondary N) is 2. The first-order valence-electron chi connectivity index (χ1n) is 12.5. The minimum Gasteiger partial charge on any atom is -0.378 e. The van der Waals surface area contributed by atoms with Crippen LogP contribution in [0, 0.1) is 0 Å². The zero-order valence-corrected chi connectivity index (χ0v) is 21.7. The number of aromatic amines is 1. The normalized spacial score (nSPS) is 16.2.